The van der Waals surface area contributed by atoms with Gasteiger partial charge in [-0.3, -0.25) is 19.2 Å². The molecule has 0 spiro atoms. The van der Waals surface area contributed by atoms with E-state index in [0.29, 0.717) is 10.6 Å². The first-order valence-electron chi connectivity index (χ1n) is 7.15. The molecule has 2 unspecified atom stereocenters. The van der Waals surface area contributed by atoms with E-state index < -0.39 is 29.6 Å². The van der Waals surface area contributed by atoms with E-state index in [0.717, 1.165) is 0 Å². The molecule has 1 aromatic carbocycles. The number of benzene rings is 1. The lowest BCUT2D eigenvalue weighted by Gasteiger charge is -2.26. The number of carboxylic acid groups (broad SMARTS) is 1. The van der Waals surface area contributed by atoms with Crippen molar-refractivity contribution in [1.82, 2.24) is 4.90 Å². The fraction of sp³-hybridized carbons (Fsp3) is 0.375. The highest BCUT2D eigenvalue weighted by atomic mass is 35.5. The molecule has 0 aliphatic carbocycles. The van der Waals surface area contributed by atoms with Gasteiger partial charge < -0.3 is 10.0 Å². The molecule has 1 N–H and O–H groups in total. The Balaban J connectivity index is 2.34. The Labute approximate surface area is 138 Å². The lowest BCUT2D eigenvalue weighted by atomic mass is 9.90. The Morgan fingerprint density at radius 2 is 1.83 bits per heavy atom. The third-order valence-corrected chi connectivity index (χ3v) is 4.10. The zero-order valence-electron chi connectivity index (χ0n) is 12.5. The number of ketones is 2. The fourth-order valence-corrected chi connectivity index (χ4v) is 2.93. The van der Waals surface area contributed by atoms with Crippen LogP contribution in [0.3, 0.4) is 0 Å². The zero-order valence-corrected chi connectivity index (χ0v) is 13.2. The second-order valence-electron chi connectivity index (χ2n) is 5.44. The van der Waals surface area contributed by atoms with Gasteiger partial charge in [-0.1, -0.05) is 23.7 Å². The largest absolute Gasteiger partial charge is 0.481 e. The molecule has 1 amide bonds. The number of rotatable bonds is 6. The van der Waals surface area contributed by atoms with Crippen LogP contribution in [-0.2, 0) is 19.2 Å². The van der Waals surface area contributed by atoms with E-state index in [4.69, 9.17) is 16.7 Å². The standard InChI is InChI=1S/C16H16ClNO5/c1-9(19)13-14(10-4-6-11(17)7-5-10)18(16(23)15(13)22)8-2-3-12(20)21/h4-7,13-14H,2-3,8H2,1H3,(H,20,21). The molecule has 6 nitrogen and oxygen atoms in total. The van der Waals surface area contributed by atoms with Crippen molar-refractivity contribution in [3.05, 3.63) is 34.9 Å². The number of carboxylic acids is 1. The van der Waals surface area contributed by atoms with Crippen molar-refractivity contribution in [3.63, 3.8) is 0 Å². The van der Waals surface area contributed by atoms with Crippen LogP contribution >= 0.6 is 11.6 Å². The van der Waals surface area contributed by atoms with Crippen LogP contribution in [0.15, 0.2) is 24.3 Å². The summed E-state index contributed by atoms with van der Waals surface area (Å²) in [5.41, 5.74) is 0.629. The summed E-state index contributed by atoms with van der Waals surface area (Å²) < 4.78 is 0. The van der Waals surface area contributed by atoms with E-state index in [-0.39, 0.29) is 25.2 Å². The molecular weight excluding hydrogens is 322 g/mol. The van der Waals surface area contributed by atoms with Crippen LogP contribution in [0, 0.1) is 5.92 Å². The Bertz CT molecular complexity index is 655. The molecule has 122 valence electrons. The molecule has 0 aromatic heterocycles. The highest BCUT2D eigenvalue weighted by molar-refractivity contribution is 6.42. The van der Waals surface area contributed by atoms with Crippen LogP contribution in [0.2, 0.25) is 5.02 Å². The summed E-state index contributed by atoms with van der Waals surface area (Å²) in [6.07, 6.45) is 0.0963. The van der Waals surface area contributed by atoms with Gasteiger partial charge in [-0.2, -0.15) is 0 Å². The molecule has 0 saturated carbocycles. The van der Waals surface area contributed by atoms with E-state index in [1.165, 1.54) is 11.8 Å². The van der Waals surface area contributed by atoms with E-state index >= 15 is 0 Å². The minimum atomic E-state index is -1.06. The number of hydrogen-bond acceptors (Lipinski definition) is 4. The first kappa shape index (κ1) is 17.1. The Morgan fingerprint density at radius 3 is 2.35 bits per heavy atom. The Kier molecular flexibility index (Phi) is 5.15. The van der Waals surface area contributed by atoms with Gasteiger partial charge in [-0.05, 0) is 31.0 Å². The molecule has 23 heavy (non-hydrogen) atoms. The summed E-state index contributed by atoms with van der Waals surface area (Å²) in [4.78, 5) is 48.1. The Hall–Kier alpha value is -2.21. The van der Waals surface area contributed by atoms with Crippen molar-refractivity contribution < 1.29 is 24.3 Å². The van der Waals surface area contributed by atoms with Gasteiger partial charge in [-0.25, -0.2) is 0 Å². The topological polar surface area (TPSA) is 91.8 Å². The van der Waals surface area contributed by atoms with Gasteiger partial charge in [0.1, 0.15) is 11.7 Å². The molecule has 1 aliphatic rings. The summed E-state index contributed by atoms with van der Waals surface area (Å²) in [7, 11) is 0. The highest BCUT2D eigenvalue weighted by Gasteiger charge is 2.49. The average molecular weight is 338 g/mol. The number of hydrogen-bond donors (Lipinski definition) is 1. The summed E-state index contributed by atoms with van der Waals surface area (Å²) in [5.74, 6) is -3.91. The maximum atomic E-state index is 12.2. The number of aliphatic carboxylic acids is 1. The molecule has 1 aliphatic heterocycles. The van der Waals surface area contributed by atoms with Crippen LogP contribution in [0.5, 0.6) is 0 Å². The zero-order chi connectivity index (χ0) is 17.1. The summed E-state index contributed by atoms with van der Waals surface area (Å²) in [5, 5.41) is 9.22. The van der Waals surface area contributed by atoms with Crippen molar-refractivity contribution >= 4 is 35.0 Å². The molecule has 0 bridgehead atoms. The van der Waals surface area contributed by atoms with Gasteiger partial charge in [0.25, 0.3) is 5.91 Å². The molecule has 0 radical (unpaired) electrons. The first-order valence-corrected chi connectivity index (χ1v) is 7.53. The molecule has 1 heterocycles. The maximum absolute atomic E-state index is 12.2. The minimum Gasteiger partial charge on any atom is -0.481 e. The predicted octanol–water partition coefficient (Wildman–Crippen LogP) is 1.86. The van der Waals surface area contributed by atoms with Crippen molar-refractivity contribution in [2.75, 3.05) is 6.54 Å². The van der Waals surface area contributed by atoms with Crippen LogP contribution < -0.4 is 0 Å². The molecule has 7 heteroatoms. The average Bonchev–Trinajstić information content (AvgIpc) is 2.72. The van der Waals surface area contributed by atoms with Crippen LogP contribution in [0.25, 0.3) is 0 Å². The maximum Gasteiger partial charge on any atom is 0.303 e. The Morgan fingerprint density at radius 1 is 1.22 bits per heavy atom. The van der Waals surface area contributed by atoms with Crippen LogP contribution in [-0.4, -0.2) is 40.0 Å². The summed E-state index contributed by atoms with van der Waals surface area (Å²) in [6.45, 7) is 1.38. The van der Waals surface area contributed by atoms with Gasteiger partial charge in [0.15, 0.2) is 0 Å². The summed E-state index contributed by atoms with van der Waals surface area (Å²) >= 11 is 5.85. The number of carbonyl (C=O) groups is 4. The van der Waals surface area contributed by atoms with Crippen molar-refractivity contribution in [2.45, 2.75) is 25.8 Å². The smallest absolute Gasteiger partial charge is 0.303 e. The predicted molar refractivity (Wildman–Crippen MR) is 82.0 cm³/mol. The van der Waals surface area contributed by atoms with Crippen LogP contribution in [0.4, 0.5) is 0 Å². The van der Waals surface area contributed by atoms with Gasteiger partial charge in [0.05, 0.1) is 6.04 Å². The molecule has 2 rings (SSSR count). The number of Topliss-reactive ketones (excluding diaryl/α,β-unsaturated/α-hetero) is 2. The molecule has 1 fully saturated rings. The first-order chi connectivity index (χ1) is 10.8. The number of nitrogens with zero attached hydrogens (tertiary/aromatic N) is 1. The number of likely N-dealkylation sites (tertiary alicyclic amines) is 1. The fourth-order valence-electron chi connectivity index (χ4n) is 2.80. The van der Waals surface area contributed by atoms with Crippen molar-refractivity contribution in [3.8, 4) is 0 Å². The third-order valence-electron chi connectivity index (χ3n) is 3.84. The second-order valence-corrected chi connectivity index (χ2v) is 5.88. The van der Waals surface area contributed by atoms with Gasteiger partial charge >= 0.3 is 5.97 Å². The number of halogens is 1. The van der Waals surface area contributed by atoms with Gasteiger partial charge in [-0.15, -0.1) is 0 Å². The van der Waals surface area contributed by atoms with Crippen molar-refractivity contribution in [1.29, 1.82) is 0 Å². The SMILES string of the molecule is CC(=O)C1C(=O)C(=O)N(CCCC(=O)O)C1c1ccc(Cl)cc1. The third kappa shape index (κ3) is 3.59. The molecule has 1 saturated heterocycles. The lowest BCUT2D eigenvalue weighted by molar-refractivity contribution is -0.142. The van der Waals surface area contributed by atoms with Crippen LogP contribution in [0.1, 0.15) is 31.4 Å². The number of carbonyl (C=O) groups excluding carboxylic acids is 3. The van der Waals surface area contributed by atoms with E-state index in [9.17, 15) is 19.2 Å². The normalized spacial score (nSPS) is 20.9. The second kappa shape index (κ2) is 6.91. The summed E-state index contributed by atoms with van der Waals surface area (Å²) in [6, 6.07) is 5.87. The van der Waals surface area contributed by atoms with Gasteiger partial charge in [0, 0.05) is 18.0 Å². The quantitative estimate of drug-likeness (QED) is 0.632. The molecule has 2 atom stereocenters. The molecule has 1 aromatic rings. The van der Waals surface area contributed by atoms with E-state index in [2.05, 4.69) is 0 Å². The van der Waals surface area contributed by atoms with Gasteiger partial charge in [0.2, 0.25) is 5.78 Å². The highest BCUT2D eigenvalue weighted by Crippen LogP contribution is 2.37. The van der Waals surface area contributed by atoms with E-state index in [1.54, 1.807) is 24.3 Å². The van der Waals surface area contributed by atoms with Crippen molar-refractivity contribution in [2.24, 2.45) is 5.92 Å². The number of amides is 1. The molecular formula is C16H16ClNO5. The monoisotopic (exact) mass is 337 g/mol. The lowest BCUT2D eigenvalue weighted by Crippen LogP contribution is -2.31. The minimum absolute atomic E-state index is 0.105. The van der Waals surface area contributed by atoms with E-state index in [1.807, 2.05) is 0 Å².